The van der Waals surface area contributed by atoms with Gasteiger partial charge in [0.2, 0.25) is 5.91 Å². The number of ether oxygens (including phenoxy) is 2. The molecule has 0 atom stereocenters. The van der Waals surface area contributed by atoms with Gasteiger partial charge in [0.05, 0.1) is 19.8 Å². The molecule has 1 saturated carbocycles. The lowest BCUT2D eigenvalue weighted by Gasteiger charge is -2.22. The topological polar surface area (TPSA) is 47.6 Å². The van der Waals surface area contributed by atoms with Crippen LogP contribution in [-0.4, -0.2) is 20.1 Å². The molecule has 4 heteroatoms. The van der Waals surface area contributed by atoms with Gasteiger partial charge < -0.3 is 14.8 Å². The van der Waals surface area contributed by atoms with Crippen molar-refractivity contribution in [3.05, 3.63) is 23.8 Å². The van der Waals surface area contributed by atoms with Crippen LogP contribution in [0.5, 0.6) is 11.5 Å². The molecule has 0 bridgehead atoms. The van der Waals surface area contributed by atoms with Crippen LogP contribution < -0.4 is 14.8 Å². The van der Waals surface area contributed by atoms with Crippen molar-refractivity contribution in [2.24, 2.45) is 5.92 Å². The Morgan fingerprint density at radius 3 is 2.29 bits per heavy atom. The second-order valence-corrected chi connectivity index (χ2v) is 5.65. The molecule has 0 heterocycles. The van der Waals surface area contributed by atoms with Gasteiger partial charge in [-0.3, -0.25) is 4.79 Å². The lowest BCUT2D eigenvalue weighted by atomic mass is 9.99. The number of methoxy groups -OCH3 is 2. The van der Waals surface area contributed by atoms with Gasteiger partial charge in [-0.25, -0.2) is 0 Å². The first kappa shape index (κ1) is 15.7. The Hall–Kier alpha value is -1.71. The minimum absolute atomic E-state index is 0.0996. The summed E-state index contributed by atoms with van der Waals surface area (Å²) in [4.78, 5) is 12.3. The number of hydrogen-bond acceptors (Lipinski definition) is 3. The third-order valence-electron chi connectivity index (χ3n) is 4.40. The largest absolute Gasteiger partial charge is 0.493 e. The van der Waals surface area contributed by atoms with Crippen molar-refractivity contribution >= 4 is 5.91 Å². The van der Waals surface area contributed by atoms with Crippen molar-refractivity contribution in [2.75, 3.05) is 14.2 Å². The van der Waals surface area contributed by atoms with Crippen molar-refractivity contribution in [2.45, 2.75) is 45.1 Å². The smallest absolute Gasteiger partial charge is 0.223 e. The first-order chi connectivity index (χ1) is 10.1. The average Bonchev–Trinajstić information content (AvgIpc) is 3.28. The van der Waals surface area contributed by atoms with Crippen molar-refractivity contribution in [1.29, 1.82) is 0 Å². The molecular weight excluding hydrogens is 266 g/mol. The summed E-state index contributed by atoms with van der Waals surface area (Å²) in [6.45, 7) is 4.12. The number of carbonyl (C=O) groups excluding carboxylic acids is 1. The maximum Gasteiger partial charge on any atom is 0.223 e. The van der Waals surface area contributed by atoms with Gasteiger partial charge in [0.25, 0.3) is 0 Å². The molecule has 1 amide bonds. The second-order valence-electron chi connectivity index (χ2n) is 5.65. The van der Waals surface area contributed by atoms with Gasteiger partial charge in [-0.05, 0) is 43.4 Å². The Balaban J connectivity index is 2.19. The Bertz CT molecular complexity index is 505. The van der Waals surface area contributed by atoms with Crippen LogP contribution in [0.1, 0.15) is 45.1 Å². The van der Waals surface area contributed by atoms with Crippen LogP contribution in [0.2, 0.25) is 0 Å². The lowest BCUT2D eigenvalue weighted by molar-refractivity contribution is -0.126. The van der Waals surface area contributed by atoms with Crippen molar-refractivity contribution in [3.63, 3.8) is 0 Å². The van der Waals surface area contributed by atoms with Gasteiger partial charge in [-0.15, -0.1) is 0 Å². The molecule has 21 heavy (non-hydrogen) atoms. The van der Waals surface area contributed by atoms with E-state index in [0.717, 1.165) is 31.2 Å². The van der Waals surface area contributed by atoms with E-state index >= 15 is 0 Å². The highest BCUT2D eigenvalue weighted by Gasteiger charge is 2.46. The zero-order valence-electron chi connectivity index (χ0n) is 13.4. The highest BCUT2D eigenvalue weighted by Crippen LogP contribution is 2.47. The molecule has 0 aliphatic heterocycles. The van der Waals surface area contributed by atoms with E-state index in [4.69, 9.17) is 9.47 Å². The fourth-order valence-electron chi connectivity index (χ4n) is 2.74. The van der Waals surface area contributed by atoms with Gasteiger partial charge in [-0.1, -0.05) is 19.9 Å². The van der Waals surface area contributed by atoms with E-state index in [-0.39, 0.29) is 17.4 Å². The predicted molar refractivity (Wildman–Crippen MR) is 82.7 cm³/mol. The first-order valence-corrected chi connectivity index (χ1v) is 7.64. The maximum absolute atomic E-state index is 12.3. The van der Waals surface area contributed by atoms with Crippen LogP contribution >= 0.6 is 0 Å². The third kappa shape index (κ3) is 3.14. The van der Waals surface area contributed by atoms with Crippen molar-refractivity contribution in [3.8, 4) is 11.5 Å². The molecule has 0 radical (unpaired) electrons. The lowest BCUT2D eigenvalue weighted by Crippen LogP contribution is -2.38. The van der Waals surface area contributed by atoms with E-state index in [1.165, 1.54) is 0 Å². The normalized spacial score (nSPS) is 15.7. The van der Waals surface area contributed by atoms with E-state index in [2.05, 4.69) is 19.2 Å². The highest BCUT2D eigenvalue weighted by atomic mass is 16.5. The van der Waals surface area contributed by atoms with E-state index in [9.17, 15) is 4.79 Å². The summed E-state index contributed by atoms with van der Waals surface area (Å²) in [6, 6.07) is 5.89. The second kappa shape index (κ2) is 6.37. The number of hydrogen-bond donors (Lipinski definition) is 1. The number of carbonyl (C=O) groups is 1. The summed E-state index contributed by atoms with van der Waals surface area (Å²) in [5, 5.41) is 3.24. The van der Waals surface area contributed by atoms with Crippen molar-refractivity contribution in [1.82, 2.24) is 5.32 Å². The molecular formula is C17H25NO3. The molecule has 0 unspecified atom stereocenters. The van der Waals surface area contributed by atoms with Crippen LogP contribution in [-0.2, 0) is 10.3 Å². The van der Waals surface area contributed by atoms with E-state index < -0.39 is 0 Å². The molecule has 2 rings (SSSR count). The van der Waals surface area contributed by atoms with Gasteiger partial charge in [0.1, 0.15) is 0 Å². The molecule has 116 valence electrons. The average molecular weight is 291 g/mol. The number of nitrogens with one attached hydrogen (secondary N) is 1. The van der Waals surface area contributed by atoms with E-state index in [0.29, 0.717) is 11.5 Å². The summed E-state index contributed by atoms with van der Waals surface area (Å²) < 4.78 is 10.6. The summed E-state index contributed by atoms with van der Waals surface area (Å²) in [7, 11) is 3.25. The molecule has 4 nitrogen and oxygen atoms in total. The number of benzene rings is 1. The minimum Gasteiger partial charge on any atom is -0.493 e. The Morgan fingerprint density at radius 2 is 1.81 bits per heavy atom. The predicted octanol–water partition coefficient (Wildman–Crippen LogP) is 3.25. The monoisotopic (exact) mass is 291 g/mol. The quantitative estimate of drug-likeness (QED) is 0.839. The summed E-state index contributed by atoms with van der Waals surface area (Å²) in [5.41, 5.74) is 0.888. The van der Waals surface area contributed by atoms with Gasteiger partial charge in [0.15, 0.2) is 11.5 Å². The fraction of sp³-hybridized carbons (Fsp3) is 0.588. The Morgan fingerprint density at radius 1 is 1.19 bits per heavy atom. The van der Waals surface area contributed by atoms with E-state index in [1.807, 2.05) is 18.2 Å². The van der Waals surface area contributed by atoms with Crippen LogP contribution in [0.3, 0.4) is 0 Å². The van der Waals surface area contributed by atoms with Gasteiger partial charge in [-0.2, -0.15) is 0 Å². The summed E-state index contributed by atoms with van der Waals surface area (Å²) in [6.07, 6.45) is 3.72. The molecule has 1 aliphatic rings. The van der Waals surface area contributed by atoms with Crippen molar-refractivity contribution < 1.29 is 14.3 Å². The highest BCUT2D eigenvalue weighted by molar-refractivity contribution is 5.80. The summed E-state index contributed by atoms with van der Waals surface area (Å²) in [5.74, 6) is 1.68. The maximum atomic E-state index is 12.3. The molecule has 1 N–H and O–H groups in total. The zero-order valence-corrected chi connectivity index (χ0v) is 13.4. The number of rotatable bonds is 7. The zero-order chi connectivity index (χ0) is 15.5. The molecule has 0 saturated heterocycles. The molecule has 1 aromatic rings. The van der Waals surface area contributed by atoms with Crippen LogP contribution in [0.4, 0.5) is 0 Å². The minimum atomic E-state index is -0.209. The molecule has 1 aliphatic carbocycles. The van der Waals surface area contributed by atoms with E-state index in [1.54, 1.807) is 14.2 Å². The molecule has 1 aromatic carbocycles. The van der Waals surface area contributed by atoms with Gasteiger partial charge >= 0.3 is 0 Å². The summed E-state index contributed by atoms with van der Waals surface area (Å²) >= 11 is 0. The third-order valence-corrected chi connectivity index (χ3v) is 4.40. The Labute approximate surface area is 126 Å². The molecule has 0 spiro atoms. The molecule has 1 fully saturated rings. The Kier molecular flexibility index (Phi) is 4.76. The SMILES string of the molecule is CCC(CC)C(=O)NC1(c2ccc(OC)c(OC)c2)CC1. The number of amides is 1. The standard InChI is InChI=1S/C17H25NO3/c1-5-12(6-2)16(19)18-17(9-10-17)13-7-8-14(20-3)15(11-13)21-4/h7-8,11-12H,5-6,9-10H2,1-4H3,(H,18,19). The van der Waals surface area contributed by atoms with Crippen LogP contribution in [0.15, 0.2) is 18.2 Å². The van der Waals surface area contributed by atoms with Crippen LogP contribution in [0.25, 0.3) is 0 Å². The fourth-order valence-corrected chi connectivity index (χ4v) is 2.74. The van der Waals surface area contributed by atoms with Gasteiger partial charge in [0, 0.05) is 5.92 Å². The first-order valence-electron chi connectivity index (χ1n) is 7.64. The van der Waals surface area contributed by atoms with Crippen LogP contribution in [0, 0.1) is 5.92 Å². The molecule has 0 aromatic heterocycles.